The molecule has 0 heterocycles. The van der Waals surface area contributed by atoms with Crippen LogP contribution in [0.4, 0.5) is 5.69 Å². The predicted molar refractivity (Wildman–Crippen MR) is 59.3 cm³/mol. The van der Waals surface area contributed by atoms with Crippen LogP contribution in [0.1, 0.15) is 18.9 Å². The molecule has 1 aromatic rings. The molecule has 1 aromatic carbocycles. The van der Waals surface area contributed by atoms with Crippen molar-refractivity contribution < 1.29 is 0 Å². The van der Waals surface area contributed by atoms with Crippen molar-refractivity contribution >= 4 is 11.8 Å². The van der Waals surface area contributed by atoms with E-state index in [9.17, 15) is 0 Å². The van der Waals surface area contributed by atoms with Gasteiger partial charge in [-0.25, -0.2) is 0 Å². The fourth-order valence-corrected chi connectivity index (χ4v) is 1.07. The van der Waals surface area contributed by atoms with E-state index in [0.717, 1.165) is 17.7 Å². The van der Waals surface area contributed by atoms with Crippen molar-refractivity contribution in [3.63, 3.8) is 0 Å². The van der Waals surface area contributed by atoms with E-state index in [4.69, 9.17) is 5.73 Å². The van der Waals surface area contributed by atoms with Gasteiger partial charge in [0.25, 0.3) is 0 Å². The van der Waals surface area contributed by atoms with E-state index >= 15 is 0 Å². The molecule has 0 saturated heterocycles. The average molecular weight is 173 g/mol. The minimum Gasteiger partial charge on any atom is -0.398 e. The monoisotopic (exact) mass is 173 g/mol. The van der Waals surface area contributed by atoms with E-state index in [-0.39, 0.29) is 0 Å². The zero-order chi connectivity index (χ0) is 9.52. The third-order valence-electron chi connectivity index (χ3n) is 1.80. The summed E-state index contributed by atoms with van der Waals surface area (Å²) >= 11 is 0. The van der Waals surface area contributed by atoms with Crippen LogP contribution >= 0.6 is 0 Å². The highest BCUT2D eigenvalue weighted by molar-refractivity contribution is 5.64. The van der Waals surface area contributed by atoms with E-state index in [0.29, 0.717) is 0 Å². The highest BCUT2D eigenvalue weighted by Gasteiger charge is 1.89. The highest BCUT2D eigenvalue weighted by Crippen LogP contribution is 2.12. The summed E-state index contributed by atoms with van der Waals surface area (Å²) in [6.45, 7) is 2.02. The van der Waals surface area contributed by atoms with Crippen molar-refractivity contribution in [2.45, 2.75) is 13.3 Å². The number of anilines is 1. The Kier molecular flexibility index (Phi) is 3.83. The number of nitrogens with two attached hydrogens (primary N) is 1. The van der Waals surface area contributed by atoms with Crippen LogP contribution in [0.15, 0.2) is 42.5 Å². The van der Waals surface area contributed by atoms with E-state index in [1.54, 1.807) is 0 Å². The second-order valence-corrected chi connectivity index (χ2v) is 2.84. The van der Waals surface area contributed by atoms with Crippen LogP contribution < -0.4 is 5.73 Å². The zero-order valence-corrected chi connectivity index (χ0v) is 7.90. The van der Waals surface area contributed by atoms with Crippen LogP contribution in [0.3, 0.4) is 0 Å². The first-order valence-corrected chi connectivity index (χ1v) is 4.47. The smallest absolute Gasteiger partial charge is 0.0387 e. The number of hydrogen-bond donors (Lipinski definition) is 1. The first-order chi connectivity index (χ1) is 6.34. The zero-order valence-electron chi connectivity index (χ0n) is 7.90. The molecular formula is C12H15N. The largest absolute Gasteiger partial charge is 0.398 e. The van der Waals surface area contributed by atoms with Crippen molar-refractivity contribution in [1.82, 2.24) is 0 Å². The number of nitrogen functional groups attached to an aromatic ring is 1. The normalized spacial score (nSPS) is 11.5. The number of hydrogen-bond acceptors (Lipinski definition) is 1. The lowest BCUT2D eigenvalue weighted by molar-refractivity contribution is 1.39. The molecule has 2 N–H and O–H groups in total. The van der Waals surface area contributed by atoms with E-state index in [1.165, 1.54) is 0 Å². The van der Waals surface area contributed by atoms with Gasteiger partial charge in [0.15, 0.2) is 0 Å². The molecule has 0 aliphatic carbocycles. The molecule has 13 heavy (non-hydrogen) atoms. The maximum Gasteiger partial charge on any atom is 0.0387 e. The molecule has 1 rings (SSSR count). The summed E-state index contributed by atoms with van der Waals surface area (Å²) in [6, 6.07) is 7.86. The second-order valence-electron chi connectivity index (χ2n) is 2.84. The molecule has 0 radical (unpaired) electrons. The fourth-order valence-electron chi connectivity index (χ4n) is 1.07. The third kappa shape index (κ3) is 3.16. The SMILES string of the molecule is C/C=C\C/C=C/c1ccccc1N. The van der Waals surface area contributed by atoms with Crippen molar-refractivity contribution in [2.75, 3.05) is 5.73 Å². The Bertz CT molecular complexity index is 311. The van der Waals surface area contributed by atoms with Gasteiger partial charge in [0.2, 0.25) is 0 Å². The molecule has 1 heteroatoms. The molecule has 0 atom stereocenters. The predicted octanol–water partition coefficient (Wildman–Crippen LogP) is 3.25. The summed E-state index contributed by atoms with van der Waals surface area (Å²) in [5.41, 5.74) is 7.69. The van der Waals surface area contributed by atoms with Gasteiger partial charge in [-0.15, -0.1) is 0 Å². The Morgan fingerprint density at radius 1 is 1.23 bits per heavy atom. The lowest BCUT2D eigenvalue weighted by atomic mass is 10.1. The molecule has 0 aliphatic heterocycles. The van der Waals surface area contributed by atoms with Gasteiger partial charge in [0, 0.05) is 5.69 Å². The molecule has 0 saturated carbocycles. The lowest BCUT2D eigenvalue weighted by Gasteiger charge is -1.97. The summed E-state index contributed by atoms with van der Waals surface area (Å²) in [7, 11) is 0. The van der Waals surface area contributed by atoms with Crippen molar-refractivity contribution in [3.05, 3.63) is 48.1 Å². The van der Waals surface area contributed by atoms with E-state index in [1.807, 2.05) is 37.3 Å². The minimum absolute atomic E-state index is 0.833. The fraction of sp³-hybridized carbons (Fsp3) is 0.167. The standard InChI is InChI=1S/C12H15N/c1-2-3-4-5-8-11-9-6-7-10-12(11)13/h2-3,5-10H,4,13H2,1H3/b3-2-,8-5+. The summed E-state index contributed by atoms with van der Waals surface area (Å²) in [6.07, 6.45) is 9.26. The van der Waals surface area contributed by atoms with Gasteiger partial charge >= 0.3 is 0 Å². The van der Waals surface area contributed by atoms with Gasteiger partial charge in [-0.05, 0) is 25.0 Å². The van der Waals surface area contributed by atoms with Gasteiger partial charge in [0.1, 0.15) is 0 Å². The molecule has 68 valence electrons. The highest BCUT2D eigenvalue weighted by atomic mass is 14.5. The molecular weight excluding hydrogens is 158 g/mol. The average Bonchev–Trinajstić information content (AvgIpc) is 2.15. The molecule has 0 unspecified atom stereocenters. The Balaban J connectivity index is 2.63. The van der Waals surface area contributed by atoms with Crippen LogP contribution in [-0.2, 0) is 0 Å². The first-order valence-electron chi connectivity index (χ1n) is 4.47. The Morgan fingerprint density at radius 3 is 2.69 bits per heavy atom. The Morgan fingerprint density at radius 2 is 2.00 bits per heavy atom. The van der Waals surface area contributed by atoms with Gasteiger partial charge in [-0.2, -0.15) is 0 Å². The number of allylic oxidation sites excluding steroid dienone is 3. The van der Waals surface area contributed by atoms with Crippen LogP contribution in [-0.4, -0.2) is 0 Å². The van der Waals surface area contributed by atoms with Gasteiger partial charge in [0.05, 0.1) is 0 Å². The summed E-state index contributed by atoms with van der Waals surface area (Å²) in [4.78, 5) is 0. The van der Waals surface area contributed by atoms with Crippen LogP contribution in [0.25, 0.3) is 6.08 Å². The molecule has 0 spiro atoms. The number of benzene rings is 1. The summed E-state index contributed by atoms with van der Waals surface area (Å²) < 4.78 is 0. The molecule has 0 bridgehead atoms. The third-order valence-corrected chi connectivity index (χ3v) is 1.80. The van der Waals surface area contributed by atoms with Gasteiger partial charge in [-0.1, -0.05) is 42.5 Å². The Labute approximate surface area is 79.6 Å². The van der Waals surface area contributed by atoms with Gasteiger partial charge in [-0.3, -0.25) is 0 Å². The maximum atomic E-state index is 5.77. The summed E-state index contributed by atoms with van der Waals surface area (Å²) in [5, 5.41) is 0. The molecule has 0 fully saturated rings. The molecule has 0 amide bonds. The Hall–Kier alpha value is -1.50. The van der Waals surface area contributed by atoms with Crippen LogP contribution in [0, 0.1) is 0 Å². The van der Waals surface area contributed by atoms with Crippen molar-refractivity contribution in [1.29, 1.82) is 0 Å². The van der Waals surface area contributed by atoms with Gasteiger partial charge < -0.3 is 5.73 Å². The molecule has 1 nitrogen and oxygen atoms in total. The number of rotatable bonds is 3. The quantitative estimate of drug-likeness (QED) is 0.551. The van der Waals surface area contributed by atoms with Crippen molar-refractivity contribution in [3.8, 4) is 0 Å². The topological polar surface area (TPSA) is 26.0 Å². The molecule has 0 aromatic heterocycles. The first kappa shape index (κ1) is 9.59. The van der Waals surface area contributed by atoms with Crippen LogP contribution in [0.2, 0.25) is 0 Å². The maximum absolute atomic E-state index is 5.77. The second kappa shape index (κ2) is 5.20. The van der Waals surface area contributed by atoms with Crippen LogP contribution in [0.5, 0.6) is 0 Å². The van der Waals surface area contributed by atoms with E-state index in [2.05, 4.69) is 18.2 Å². The summed E-state index contributed by atoms with van der Waals surface area (Å²) in [5.74, 6) is 0. The minimum atomic E-state index is 0.833. The van der Waals surface area contributed by atoms with E-state index < -0.39 is 0 Å². The molecule has 0 aliphatic rings. The van der Waals surface area contributed by atoms with Crippen molar-refractivity contribution in [2.24, 2.45) is 0 Å². The lowest BCUT2D eigenvalue weighted by Crippen LogP contribution is -1.86. The number of para-hydroxylation sites is 1.